The first-order valence-electron chi connectivity index (χ1n) is 7.62. The van der Waals surface area contributed by atoms with E-state index in [0.717, 1.165) is 27.8 Å². The molecule has 23 heavy (non-hydrogen) atoms. The normalized spacial score (nSPS) is 11.8. The number of anilines is 1. The number of carbonyl (C=O) groups is 1. The minimum atomic E-state index is 0.538. The molecule has 108 valence electrons. The van der Waals surface area contributed by atoms with Gasteiger partial charge in [-0.3, -0.25) is 4.79 Å². The van der Waals surface area contributed by atoms with E-state index in [-0.39, 0.29) is 0 Å². The highest BCUT2D eigenvalue weighted by Gasteiger charge is 2.16. The van der Waals surface area contributed by atoms with Gasteiger partial charge in [0.05, 0.1) is 0 Å². The van der Waals surface area contributed by atoms with Crippen LogP contribution in [-0.4, -0.2) is 6.29 Å². The number of nitrogens with two attached hydrogens (primary N) is 1. The maximum atomic E-state index is 11.7. The number of nitrogen functional groups attached to an aromatic ring is 1. The third-order valence-electron chi connectivity index (χ3n) is 4.82. The molecule has 0 radical (unpaired) electrons. The van der Waals surface area contributed by atoms with Gasteiger partial charge in [-0.25, -0.2) is 0 Å². The monoisotopic (exact) mass is 295 g/mol. The predicted octanol–water partition coefficient (Wildman–Crippen LogP) is 5.13. The molecule has 0 spiro atoms. The SMILES string of the molecule is Nc1cc2cccc3c4cccc5cccc(c(c1C=O)c23)c54. The molecule has 0 aromatic heterocycles. The molecule has 0 fully saturated rings. The molecule has 2 nitrogen and oxygen atoms in total. The van der Waals surface area contributed by atoms with Gasteiger partial charge in [0, 0.05) is 16.6 Å². The van der Waals surface area contributed by atoms with Crippen molar-refractivity contribution in [3.63, 3.8) is 0 Å². The van der Waals surface area contributed by atoms with Crippen molar-refractivity contribution in [2.24, 2.45) is 0 Å². The van der Waals surface area contributed by atoms with E-state index in [1.165, 1.54) is 21.5 Å². The molecular formula is C21H13NO. The lowest BCUT2D eigenvalue weighted by atomic mass is 9.87. The highest BCUT2D eigenvalue weighted by molar-refractivity contribution is 6.35. The molecule has 5 aromatic carbocycles. The second-order valence-corrected chi connectivity index (χ2v) is 5.99. The van der Waals surface area contributed by atoms with Crippen LogP contribution >= 0.6 is 0 Å². The molecule has 0 heterocycles. The first kappa shape index (κ1) is 12.4. The largest absolute Gasteiger partial charge is 0.398 e. The Hall–Kier alpha value is -3.13. The zero-order chi connectivity index (χ0) is 15.6. The molecule has 0 aliphatic rings. The summed E-state index contributed by atoms with van der Waals surface area (Å²) >= 11 is 0. The van der Waals surface area contributed by atoms with E-state index in [2.05, 4.69) is 42.5 Å². The molecular weight excluding hydrogens is 282 g/mol. The highest BCUT2D eigenvalue weighted by Crippen LogP contribution is 2.42. The third-order valence-corrected chi connectivity index (χ3v) is 4.82. The Morgan fingerprint density at radius 3 is 2.00 bits per heavy atom. The Balaban J connectivity index is 2.31. The molecule has 0 saturated carbocycles. The summed E-state index contributed by atoms with van der Waals surface area (Å²) < 4.78 is 0. The van der Waals surface area contributed by atoms with E-state index >= 15 is 0 Å². The summed E-state index contributed by atoms with van der Waals surface area (Å²) in [6.07, 6.45) is 0.883. The van der Waals surface area contributed by atoms with E-state index < -0.39 is 0 Å². The molecule has 0 atom stereocenters. The Bertz CT molecular complexity index is 1230. The van der Waals surface area contributed by atoms with Gasteiger partial charge in [-0.2, -0.15) is 0 Å². The van der Waals surface area contributed by atoms with Gasteiger partial charge in [0.1, 0.15) is 0 Å². The van der Waals surface area contributed by atoms with Crippen molar-refractivity contribution < 1.29 is 4.79 Å². The van der Waals surface area contributed by atoms with Crippen LogP contribution in [0.3, 0.4) is 0 Å². The van der Waals surface area contributed by atoms with Crippen molar-refractivity contribution in [1.82, 2.24) is 0 Å². The fraction of sp³-hybridized carbons (Fsp3) is 0. The Labute approximate surface area is 132 Å². The second-order valence-electron chi connectivity index (χ2n) is 5.99. The summed E-state index contributed by atoms with van der Waals surface area (Å²) in [5.41, 5.74) is 7.29. The van der Waals surface area contributed by atoms with E-state index in [4.69, 9.17) is 5.73 Å². The van der Waals surface area contributed by atoms with Crippen LogP contribution in [0.5, 0.6) is 0 Å². The van der Waals surface area contributed by atoms with Crippen LogP contribution in [0.15, 0.2) is 60.7 Å². The summed E-state index contributed by atoms with van der Waals surface area (Å²) in [5.74, 6) is 0. The summed E-state index contributed by atoms with van der Waals surface area (Å²) in [4.78, 5) is 11.7. The van der Waals surface area contributed by atoms with Gasteiger partial charge in [-0.1, -0.05) is 54.6 Å². The van der Waals surface area contributed by atoms with Crippen LogP contribution in [0.1, 0.15) is 10.4 Å². The molecule has 0 unspecified atom stereocenters. The molecule has 0 amide bonds. The zero-order valence-corrected chi connectivity index (χ0v) is 12.3. The summed E-state index contributed by atoms with van der Waals surface area (Å²) in [6.45, 7) is 0. The fourth-order valence-corrected chi connectivity index (χ4v) is 3.90. The summed E-state index contributed by atoms with van der Waals surface area (Å²) in [6, 6.07) is 20.7. The Morgan fingerprint density at radius 1 is 0.696 bits per heavy atom. The Morgan fingerprint density at radius 2 is 1.30 bits per heavy atom. The van der Waals surface area contributed by atoms with Crippen LogP contribution < -0.4 is 5.73 Å². The number of benzene rings is 5. The number of carbonyl (C=O) groups excluding carboxylic acids is 1. The van der Waals surface area contributed by atoms with Gasteiger partial charge in [0.15, 0.2) is 6.29 Å². The van der Waals surface area contributed by atoms with E-state index in [1.807, 2.05) is 18.2 Å². The van der Waals surface area contributed by atoms with Gasteiger partial charge < -0.3 is 5.73 Å². The van der Waals surface area contributed by atoms with E-state index in [0.29, 0.717) is 11.3 Å². The maximum absolute atomic E-state index is 11.7. The summed E-state index contributed by atoms with van der Waals surface area (Å²) in [5, 5.41) is 9.03. The van der Waals surface area contributed by atoms with Crippen molar-refractivity contribution in [2.45, 2.75) is 0 Å². The second kappa shape index (κ2) is 4.20. The van der Waals surface area contributed by atoms with E-state index in [1.54, 1.807) is 0 Å². The van der Waals surface area contributed by atoms with Gasteiger partial charge in [-0.15, -0.1) is 0 Å². The quantitative estimate of drug-likeness (QED) is 0.201. The van der Waals surface area contributed by atoms with Crippen LogP contribution in [0.4, 0.5) is 5.69 Å². The predicted molar refractivity (Wildman–Crippen MR) is 97.5 cm³/mol. The van der Waals surface area contributed by atoms with Crippen molar-refractivity contribution in [3.05, 3.63) is 66.2 Å². The number of aldehydes is 1. The first-order valence-corrected chi connectivity index (χ1v) is 7.62. The zero-order valence-electron chi connectivity index (χ0n) is 12.3. The minimum Gasteiger partial charge on any atom is -0.398 e. The maximum Gasteiger partial charge on any atom is 0.152 e. The lowest BCUT2D eigenvalue weighted by Crippen LogP contribution is -1.97. The number of rotatable bonds is 1. The molecule has 5 aromatic rings. The standard InChI is InChI=1S/C21H13NO/c22-18-10-13-6-3-8-15-14-7-1-4-12-5-2-9-16(19(12)14)21(20(13)15)17(18)11-23/h1-11H,22H2. The van der Waals surface area contributed by atoms with Crippen LogP contribution in [0, 0.1) is 0 Å². The van der Waals surface area contributed by atoms with Crippen LogP contribution in [-0.2, 0) is 0 Å². The number of hydrogen-bond acceptors (Lipinski definition) is 2. The molecule has 2 heteroatoms. The van der Waals surface area contributed by atoms with Crippen molar-refractivity contribution in [3.8, 4) is 0 Å². The topological polar surface area (TPSA) is 43.1 Å². The van der Waals surface area contributed by atoms with Gasteiger partial charge >= 0.3 is 0 Å². The van der Waals surface area contributed by atoms with Crippen LogP contribution in [0.2, 0.25) is 0 Å². The molecule has 0 aliphatic carbocycles. The Kier molecular flexibility index (Phi) is 2.27. The molecule has 0 bridgehead atoms. The molecule has 2 N–H and O–H groups in total. The van der Waals surface area contributed by atoms with Crippen molar-refractivity contribution in [1.29, 1.82) is 0 Å². The fourth-order valence-electron chi connectivity index (χ4n) is 3.90. The highest BCUT2D eigenvalue weighted by atomic mass is 16.1. The van der Waals surface area contributed by atoms with Crippen molar-refractivity contribution in [2.75, 3.05) is 5.73 Å². The van der Waals surface area contributed by atoms with Crippen LogP contribution in [0.25, 0.3) is 43.1 Å². The van der Waals surface area contributed by atoms with Gasteiger partial charge in [-0.05, 0) is 43.8 Å². The van der Waals surface area contributed by atoms with Gasteiger partial charge in [0.2, 0.25) is 0 Å². The average molecular weight is 295 g/mol. The lowest BCUT2D eigenvalue weighted by molar-refractivity contribution is 0.112. The third kappa shape index (κ3) is 1.45. The molecule has 5 rings (SSSR count). The number of hydrogen-bond donors (Lipinski definition) is 1. The molecule has 0 saturated heterocycles. The first-order chi connectivity index (χ1) is 11.3. The smallest absolute Gasteiger partial charge is 0.152 e. The van der Waals surface area contributed by atoms with Gasteiger partial charge in [0.25, 0.3) is 0 Å². The average Bonchev–Trinajstić information content (AvgIpc) is 2.58. The number of fused-ring (bicyclic) bond motifs is 2. The van der Waals surface area contributed by atoms with E-state index in [9.17, 15) is 4.79 Å². The minimum absolute atomic E-state index is 0.538. The summed E-state index contributed by atoms with van der Waals surface area (Å²) in [7, 11) is 0. The molecule has 0 aliphatic heterocycles. The lowest BCUT2D eigenvalue weighted by Gasteiger charge is -2.16. The van der Waals surface area contributed by atoms with Crippen molar-refractivity contribution >= 4 is 55.1 Å².